The fourth-order valence-corrected chi connectivity index (χ4v) is 5.28. The molecule has 5 rings (SSSR count). The Bertz CT molecular complexity index is 1220. The number of pyridine rings is 1. The number of nitrogens with zero attached hydrogens (tertiary/aromatic N) is 3. The van der Waals surface area contributed by atoms with Gasteiger partial charge in [0, 0.05) is 17.2 Å². The average Bonchev–Trinajstić information content (AvgIpc) is 3.26. The van der Waals surface area contributed by atoms with Crippen molar-refractivity contribution < 1.29 is 4.74 Å². The number of H-pyrrole nitrogens is 1. The van der Waals surface area contributed by atoms with Gasteiger partial charge in [0.15, 0.2) is 0 Å². The molecule has 4 aromatic rings. The van der Waals surface area contributed by atoms with Gasteiger partial charge in [0.05, 0.1) is 30.4 Å². The molecule has 1 aliphatic heterocycles. The van der Waals surface area contributed by atoms with Crippen LogP contribution in [0.15, 0.2) is 65.3 Å². The second kappa shape index (κ2) is 9.04. The van der Waals surface area contributed by atoms with E-state index in [4.69, 9.17) is 14.7 Å². The van der Waals surface area contributed by atoms with Gasteiger partial charge < -0.3 is 9.72 Å². The lowest BCUT2D eigenvalue weighted by Gasteiger charge is -2.41. The van der Waals surface area contributed by atoms with E-state index in [-0.39, 0.29) is 12.1 Å². The molecule has 0 saturated carbocycles. The highest BCUT2D eigenvalue weighted by Crippen LogP contribution is 2.42. The third-order valence-electron chi connectivity index (χ3n) is 6.44. The predicted molar refractivity (Wildman–Crippen MR) is 131 cm³/mol. The molecule has 2 aromatic carbocycles. The minimum atomic E-state index is 0.191. The summed E-state index contributed by atoms with van der Waals surface area (Å²) in [5.41, 5.74) is 5.72. The van der Waals surface area contributed by atoms with E-state index in [9.17, 15) is 0 Å². The zero-order valence-electron chi connectivity index (χ0n) is 18.4. The fraction of sp³-hybridized carbons (Fsp3) is 0.308. The van der Waals surface area contributed by atoms with Gasteiger partial charge in [-0.2, -0.15) is 0 Å². The molecule has 1 aliphatic rings. The van der Waals surface area contributed by atoms with Crippen LogP contribution in [0, 0.1) is 6.92 Å². The number of piperidine rings is 1. The first-order valence-electron chi connectivity index (χ1n) is 11.1. The number of halogens is 1. The van der Waals surface area contributed by atoms with Crippen LogP contribution >= 0.6 is 15.9 Å². The molecule has 0 amide bonds. The number of ether oxygens (including phenoxy) is 1. The summed E-state index contributed by atoms with van der Waals surface area (Å²) in [7, 11) is 1.70. The summed E-state index contributed by atoms with van der Waals surface area (Å²) in [5.74, 6) is 1.90. The number of fused-ring (bicyclic) bond motifs is 1. The molecule has 3 heterocycles. The van der Waals surface area contributed by atoms with Gasteiger partial charge in [-0.25, -0.2) is 4.98 Å². The average molecular weight is 491 g/mol. The van der Waals surface area contributed by atoms with Crippen molar-refractivity contribution in [2.75, 3.05) is 7.11 Å². The van der Waals surface area contributed by atoms with Crippen LogP contribution in [0.4, 0.5) is 0 Å². The minimum absolute atomic E-state index is 0.191. The van der Waals surface area contributed by atoms with Crippen molar-refractivity contribution in [3.05, 3.63) is 87.9 Å². The number of hydrogen-bond donors (Lipinski definition) is 1. The van der Waals surface area contributed by atoms with Crippen LogP contribution in [-0.2, 0) is 6.54 Å². The van der Waals surface area contributed by atoms with E-state index in [1.807, 2.05) is 36.5 Å². The molecule has 0 radical (unpaired) electrons. The van der Waals surface area contributed by atoms with Crippen LogP contribution in [0.1, 0.15) is 54.0 Å². The molecule has 2 aromatic heterocycles. The summed E-state index contributed by atoms with van der Waals surface area (Å²) in [4.78, 5) is 16.0. The molecule has 32 heavy (non-hydrogen) atoms. The number of likely N-dealkylation sites (tertiary alicyclic amines) is 1. The van der Waals surface area contributed by atoms with Gasteiger partial charge in [-0.3, -0.25) is 9.88 Å². The van der Waals surface area contributed by atoms with Gasteiger partial charge in [0.25, 0.3) is 0 Å². The molecule has 2 atom stereocenters. The summed E-state index contributed by atoms with van der Waals surface area (Å²) in [6.07, 6.45) is 5.21. The maximum Gasteiger partial charge on any atom is 0.124 e. The highest BCUT2D eigenvalue weighted by atomic mass is 79.9. The van der Waals surface area contributed by atoms with Crippen molar-refractivity contribution in [3.63, 3.8) is 0 Å². The molecule has 0 bridgehead atoms. The molecular weight excluding hydrogens is 464 g/mol. The number of hydrogen-bond acceptors (Lipinski definition) is 4. The van der Waals surface area contributed by atoms with Crippen molar-refractivity contribution in [1.29, 1.82) is 0 Å². The normalized spacial score (nSPS) is 19.3. The fourth-order valence-electron chi connectivity index (χ4n) is 4.82. The Kier molecular flexibility index (Phi) is 5.98. The monoisotopic (exact) mass is 490 g/mol. The summed E-state index contributed by atoms with van der Waals surface area (Å²) in [6, 6.07) is 19.2. The minimum Gasteiger partial charge on any atom is -0.497 e. The molecule has 1 fully saturated rings. The molecule has 5 nitrogen and oxygen atoms in total. The number of imidazole rings is 1. The van der Waals surface area contributed by atoms with Crippen molar-refractivity contribution in [3.8, 4) is 5.75 Å². The van der Waals surface area contributed by atoms with Gasteiger partial charge in [-0.05, 0) is 83.6 Å². The highest BCUT2D eigenvalue weighted by Gasteiger charge is 2.35. The Balaban J connectivity index is 1.56. The molecular formula is C26H27BrN4O. The Hall–Kier alpha value is -2.70. The van der Waals surface area contributed by atoms with Crippen LogP contribution in [0.5, 0.6) is 5.75 Å². The molecule has 1 saturated heterocycles. The maximum atomic E-state index is 5.36. The van der Waals surface area contributed by atoms with E-state index in [0.717, 1.165) is 52.9 Å². The van der Waals surface area contributed by atoms with E-state index in [2.05, 4.69) is 57.0 Å². The van der Waals surface area contributed by atoms with Crippen LogP contribution < -0.4 is 4.74 Å². The van der Waals surface area contributed by atoms with Crippen LogP contribution in [0.2, 0.25) is 0 Å². The number of aromatic nitrogens is 3. The van der Waals surface area contributed by atoms with E-state index >= 15 is 0 Å². The molecule has 0 spiro atoms. The molecule has 0 aliphatic carbocycles. The van der Waals surface area contributed by atoms with E-state index in [1.54, 1.807) is 7.11 Å². The number of aryl methyl sites for hydroxylation is 1. The summed E-state index contributed by atoms with van der Waals surface area (Å²) >= 11 is 3.66. The van der Waals surface area contributed by atoms with Crippen molar-refractivity contribution in [2.45, 2.75) is 44.8 Å². The first-order chi connectivity index (χ1) is 15.6. The lowest BCUT2D eigenvalue weighted by atomic mass is 9.90. The third kappa shape index (κ3) is 4.05. The van der Waals surface area contributed by atoms with Gasteiger partial charge >= 0.3 is 0 Å². The number of para-hydroxylation sites is 1. The van der Waals surface area contributed by atoms with Gasteiger partial charge in [0.2, 0.25) is 0 Å². The number of aromatic amines is 1. The number of methoxy groups -OCH3 is 1. The summed E-state index contributed by atoms with van der Waals surface area (Å²) in [6.45, 7) is 2.99. The van der Waals surface area contributed by atoms with Gasteiger partial charge in [-0.1, -0.05) is 24.3 Å². The van der Waals surface area contributed by atoms with Crippen LogP contribution in [0.3, 0.4) is 0 Å². The third-order valence-corrected chi connectivity index (χ3v) is 7.08. The Morgan fingerprint density at radius 1 is 1.06 bits per heavy atom. The number of benzene rings is 2. The zero-order chi connectivity index (χ0) is 22.1. The van der Waals surface area contributed by atoms with Crippen molar-refractivity contribution in [2.24, 2.45) is 0 Å². The Labute approximate surface area is 197 Å². The quantitative estimate of drug-likeness (QED) is 0.346. The lowest BCUT2D eigenvalue weighted by Crippen LogP contribution is -2.37. The highest BCUT2D eigenvalue weighted by molar-refractivity contribution is 9.10. The van der Waals surface area contributed by atoms with E-state index in [1.165, 1.54) is 16.8 Å². The van der Waals surface area contributed by atoms with E-state index in [0.29, 0.717) is 0 Å². The second-order valence-electron chi connectivity index (χ2n) is 8.45. The lowest BCUT2D eigenvalue weighted by molar-refractivity contribution is 0.0663. The smallest absolute Gasteiger partial charge is 0.124 e. The SMILES string of the molecule is COc1ccc(CN2[C@@H](c3nc4c(Br)cccc4[nH]3)CCC[C@H]2c2ncccc2C)cc1. The largest absolute Gasteiger partial charge is 0.497 e. The summed E-state index contributed by atoms with van der Waals surface area (Å²) in [5, 5.41) is 0. The van der Waals surface area contributed by atoms with Gasteiger partial charge in [-0.15, -0.1) is 0 Å². The van der Waals surface area contributed by atoms with Crippen LogP contribution in [0.25, 0.3) is 11.0 Å². The second-order valence-corrected chi connectivity index (χ2v) is 9.30. The number of nitrogens with one attached hydrogen (secondary N) is 1. The van der Waals surface area contributed by atoms with E-state index < -0.39 is 0 Å². The Morgan fingerprint density at radius 3 is 2.62 bits per heavy atom. The molecule has 0 unspecified atom stereocenters. The molecule has 1 N–H and O–H groups in total. The standard InChI is InChI=1S/C26H27BrN4O/c1-17-6-5-15-28-24(17)22-9-4-10-23(26-29-21-8-3-7-20(27)25(21)30-26)31(22)16-18-11-13-19(32-2)14-12-18/h3,5-8,11-15,22-23H,4,9-10,16H2,1-2H3,(H,29,30)/t22-,23+/m0/s1. The summed E-state index contributed by atoms with van der Waals surface area (Å²) < 4.78 is 6.38. The predicted octanol–water partition coefficient (Wildman–Crippen LogP) is 6.51. The zero-order valence-corrected chi connectivity index (χ0v) is 20.0. The van der Waals surface area contributed by atoms with Gasteiger partial charge in [0.1, 0.15) is 17.1 Å². The maximum absolute atomic E-state index is 5.36. The molecule has 164 valence electrons. The number of rotatable bonds is 5. The first-order valence-corrected chi connectivity index (χ1v) is 11.9. The van der Waals surface area contributed by atoms with Crippen LogP contribution in [-0.4, -0.2) is 27.0 Å². The topological polar surface area (TPSA) is 54.0 Å². The molecule has 6 heteroatoms. The Morgan fingerprint density at radius 2 is 1.88 bits per heavy atom. The van der Waals surface area contributed by atoms with Crippen molar-refractivity contribution >= 4 is 27.0 Å². The van der Waals surface area contributed by atoms with Crippen molar-refractivity contribution in [1.82, 2.24) is 19.9 Å². The first kappa shape index (κ1) is 21.2.